The molecule has 0 spiro atoms. The van der Waals surface area contributed by atoms with Gasteiger partial charge in [0, 0.05) is 49.1 Å². The zero-order valence-electron chi connectivity index (χ0n) is 20.3. The SMILES string of the molecule is C1CCOC1.CC(C)C(O)c1nccn1C12CC(C)(C1)C2.CC12CC(n3ccnc3)(C1)C2. The van der Waals surface area contributed by atoms with Crippen LogP contribution in [0.5, 0.6) is 0 Å². The Balaban J connectivity index is 0.000000116. The van der Waals surface area contributed by atoms with Crippen molar-refractivity contribution in [3.8, 4) is 0 Å². The van der Waals surface area contributed by atoms with Crippen LogP contribution in [0.3, 0.4) is 0 Å². The van der Waals surface area contributed by atoms with Crippen LogP contribution in [0.1, 0.15) is 91.0 Å². The molecular formula is C26H40N4O2. The third-order valence-corrected chi connectivity index (χ3v) is 8.49. The van der Waals surface area contributed by atoms with Gasteiger partial charge in [-0.25, -0.2) is 9.97 Å². The summed E-state index contributed by atoms with van der Waals surface area (Å²) in [6, 6.07) is 0. The summed E-state index contributed by atoms with van der Waals surface area (Å²) in [6.45, 7) is 10.8. The Morgan fingerprint density at radius 3 is 1.94 bits per heavy atom. The molecular weight excluding hydrogens is 400 g/mol. The monoisotopic (exact) mass is 440 g/mol. The summed E-state index contributed by atoms with van der Waals surface area (Å²) < 4.78 is 9.47. The van der Waals surface area contributed by atoms with E-state index in [1.165, 1.54) is 51.4 Å². The van der Waals surface area contributed by atoms with Gasteiger partial charge in [-0.1, -0.05) is 27.7 Å². The van der Waals surface area contributed by atoms with Gasteiger partial charge in [-0.05, 0) is 68.1 Å². The minimum absolute atomic E-state index is 0.226. The van der Waals surface area contributed by atoms with E-state index in [4.69, 9.17) is 4.74 Å². The Labute approximate surface area is 192 Å². The molecule has 1 N–H and O–H groups in total. The van der Waals surface area contributed by atoms with Gasteiger partial charge >= 0.3 is 0 Å². The van der Waals surface area contributed by atoms with E-state index < -0.39 is 6.10 Å². The molecule has 0 amide bonds. The predicted molar refractivity (Wildman–Crippen MR) is 124 cm³/mol. The van der Waals surface area contributed by atoms with Crippen molar-refractivity contribution in [2.45, 2.75) is 96.2 Å². The van der Waals surface area contributed by atoms with Crippen LogP contribution >= 0.6 is 0 Å². The van der Waals surface area contributed by atoms with Crippen molar-refractivity contribution in [3.63, 3.8) is 0 Å². The van der Waals surface area contributed by atoms with E-state index in [1.807, 2.05) is 38.8 Å². The summed E-state index contributed by atoms with van der Waals surface area (Å²) in [5.41, 5.74) is 2.09. The smallest absolute Gasteiger partial charge is 0.138 e. The fourth-order valence-electron chi connectivity index (χ4n) is 7.27. The molecule has 2 aromatic heterocycles. The van der Waals surface area contributed by atoms with Gasteiger partial charge in [0.1, 0.15) is 11.9 Å². The minimum Gasteiger partial charge on any atom is -0.385 e. The summed E-state index contributed by atoms with van der Waals surface area (Å²) in [5, 5.41) is 10.1. The van der Waals surface area contributed by atoms with Gasteiger partial charge in [-0.15, -0.1) is 0 Å². The molecule has 1 saturated heterocycles. The van der Waals surface area contributed by atoms with E-state index in [0.29, 0.717) is 21.9 Å². The number of hydrogen-bond donors (Lipinski definition) is 1. The zero-order valence-corrected chi connectivity index (χ0v) is 20.3. The lowest BCUT2D eigenvalue weighted by atomic mass is 9.40. The third-order valence-electron chi connectivity index (χ3n) is 8.49. The van der Waals surface area contributed by atoms with Crippen LogP contribution in [0.25, 0.3) is 0 Å². The number of imidazole rings is 2. The number of nitrogens with zero attached hydrogens (tertiary/aromatic N) is 4. The Morgan fingerprint density at radius 2 is 1.50 bits per heavy atom. The first kappa shape index (κ1) is 22.1. The van der Waals surface area contributed by atoms with Crippen LogP contribution in [0.15, 0.2) is 31.1 Å². The first-order valence-corrected chi connectivity index (χ1v) is 12.5. The molecule has 3 heterocycles. The maximum atomic E-state index is 10.1. The highest BCUT2D eigenvalue weighted by molar-refractivity contribution is 5.22. The van der Waals surface area contributed by atoms with Crippen LogP contribution < -0.4 is 0 Å². The van der Waals surface area contributed by atoms with E-state index in [1.54, 1.807) is 0 Å². The second kappa shape index (κ2) is 7.69. The second-order valence-corrected chi connectivity index (χ2v) is 12.3. The highest BCUT2D eigenvalue weighted by Gasteiger charge is 2.67. The normalized spacial score (nSPS) is 38.7. The average molecular weight is 441 g/mol. The molecule has 2 aromatic rings. The van der Waals surface area contributed by atoms with Crippen molar-refractivity contribution in [2.75, 3.05) is 13.2 Å². The topological polar surface area (TPSA) is 65.1 Å². The van der Waals surface area contributed by atoms with Crippen LogP contribution in [-0.2, 0) is 15.8 Å². The zero-order chi connectivity index (χ0) is 22.6. The van der Waals surface area contributed by atoms with Crippen molar-refractivity contribution in [1.29, 1.82) is 0 Å². The first-order chi connectivity index (χ1) is 15.2. The van der Waals surface area contributed by atoms with Gasteiger partial charge in [0.25, 0.3) is 0 Å². The molecule has 32 heavy (non-hydrogen) atoms. The number of rotatable bonds is 4. The van der Waals surface area contributed by atoms with E-state index in [9.17, 15) is 5.11 Å². The van der Waals surface area contributed by atoms with Crippen molar-refractivity contribution in [2.24, 2.45) is 16.7 Å². The van der Waals surface area contributed by atoms with Gasteiger partial charge in [-0.3, -0.25) is 0 Å². The molecule has 0 radical (unpaired) electrons. The standard InChI is InChI=1S/C13H20N2O.C9H12N2.C4H8O/c1-9(2)10(16)11-14-4-5-15(11)13-6-12(3,7-13)8-13;1-8-4-9(5-8,6-8)11-3-2-10-7-11;1-2-4-5-3-1/h4-5,9-10,16H,6-8H2,1-3H3;2-3,7H,4-6H2,1H3;1-4H2. The number of aliphatic hydroxyl groups is 1. The second-order valence-electron chi connectivity index (χ2n) is 12.3. The van der Waals surface area contributed by atoms with E-state index in [-0.39, 0.29) is 5.92 Å². The van der Waals surface area contributed by atoms with Gasteiger partial charge in [0.05, 0.1) is 6.33 Å². The maximum absolute atomic E-state index is 10.1. The van der Waals surface area contributed by atoms with E-state index in [2.05, 4.69) is 39.1 Å². The van der Waals surface area contributed by atoms with Crippen LogP contribution in [0.4, 0.5) is 0 Å². The Bertz CT molecular complexity index is 880. The number of hydrogen-bond acceptors (Lipinski definition) is 4. The molecule has 7 aliphatic rings. The average Bonchev–Trinajstić information content (AvgIpc) is 3.44. The fraction of sp³-hybridized carbons (Fsp3) is 0.769. The highest BCUT2D eigenvalue weighted by atomic mass is 16.5. The first-order valence-electron chi connectivity index (χ1n) is 12.5. The Morgan fingerprint density at radius 1 is 0.906 bits per heavy atom. The molecule has 4 bridgehead atoms. The van der Waals surface area contributed by atoms with Crippen molar-refractivity contribution in [3.05, 3.63) is 36.9 Å². The third kappa shape index (κ3) is 3.63. The van der Waals surface area contributed by atoms with Gasteiger partial charge < -0.3 is 19.0 Å². The fourth-order valence-corrected chi connectivity index (χ4v) is 7.27. The Kier molecular flexibility index (Phi) is 5.33. The van der Waals surface area contributed by atoms with Gasteiger partial charge in [0.2, 0.25) is 0 Å². The summed E-state index contributed by atoms with van der Waals surface area (Å²) in [7, 11) is 0. The summed E-state index contributed by atoms with van der Waals surface area (Å²) in [5.74, 6) is 1.08. The summed E-state index contributed by atoms with van der Waals surface area (Å²) in [6.07, 6.45) is 19.8. The molecule has 1 unspecified atom stereocenters. The van der Waals surface area contributed by atoms with Gasteiger partial charge in [-0.2, -0.15) is 0 Å². The molecule has 6 saturated carbocycles. The molecule has 9 rings (SSSR count). The highest BCUT2D eigenvalue weighted by Crippen LogP contribution is 2.72. The molecule has 6 heteroatoms. The molecule has 0 aromatic carbocycles. The summed E-state index contributed by atoms with van der Waals surface area (Å²) >= 11 is 0. The number of aliphatic hydroxyl groups excluding tert-OH is 1. The lowest BCUT2D eigenvalue weighted by Crippen LogP contribution is -2.66. The van der Waals surface area contributed by atoms with Crippen molar-refractivity contribution >= 4 is 0 Å². The lowest BCUT2D eigenvalue weighted by Gasteiger charge is -2.70. The van der Waals surface area contributed by atoms with Crippen LogP contribution in [0, 0.1) is 16.7 Å². The molecule has 1 atom stereocenters. The van der Waals surface area contributed by atoms with Crippen molar-refractivity contribution < 1.29 is 9.84 Å². The molecule has 6 aliphatic carbocycles. The molecule has 176 valence electrons. The maximum Gasteiger partial charge on any atom is 0.138 e. The predicted octanol–water partition coefficient (Wildman–Crippen LogP) is 5.05. The van der Waals surface area contributed by atoms with Crippen molar-refractivity contribution in [1.82, 2.24) is 19.1 Å². The van der Waals surface area contributed by atoms with E-state index in [0.717, 1.165) is 19.0 Å². The molecule has 7 fully saturated rings. The van der Waals surface area contributed by atoms with Crippen LogP contribution in [0.2, 0.25) is 0 Å². The quantitative estimate of drug-likeness (QED) is 0.722. The van der Waals surface area contributed by atoms with E-state index >= 15 is 0 Å². The van der Waals surface area contributed by atoms with Gasteiger partial charge in [0.15, 0.2) is 0 Å². The Hall–Kier alpha value is -1.66. The largest absolute Gasteiger partial charge is 0.385 e. The molecule has 6 nitrogen and oxygen atoms in total. The lowest BCUT2D eigenvalue weighted by molar-refractivity contribution is -0.177. The molecule has 1 aliphatic heterocycles. The minimum atomic E-state index is -0.433. The number of ether oxygens (including phenoxy) is 1. The number of aromatic nitrogens is 4. The summed E-state index contributed by atoms with van der Waals surface area (Å²) in [4.78, 5) is 8.43. The van der Waals surface area contributed by atoms with Crippen LogP contribution in [-0.4, -0.2) is 37.4 Å².